The van der Waals surface area contributed by atoms with Crippen LogP contribution in [0.4, 0.5) is 0 Å². The molecule has 0 aromatic rings. The first-order valence-electron chi connectivity index (χ1n) is 10.4. The SMILES string of the molecule is CCCCCCCCCCCCCCCC(C)=C1SC(C)=C(C)S1. The number of unbranched alkanes of at least 4 members (excludes halogenated alkanes) is 12. The average Bonchev–Trinajstić information content (AvgIpc) is 2.91. The fourth-order valence-electron chi connectivity index (χ4n) is 3.13. The number of rotatable bonds is 14. The first kappa shape index (κ1) is 22.2. The minimum Gasteiger partial charge on any atom is -0.0867 e. The van der Waals surface area contributed by atoms with Crippen LogP contribution in [0.1, 0.15) is 118 Å². The van der Waals surface area contributed by atoms with Crippen LogP contribution in [0.5, 0.6) is 0 Å². The standard InChI is InChI=1S/C22H40S2/c1-5-6-7-8-9-10-11-12-13-14-15-16-17-18-19(2)22-23-20(3)21(4)24-22/h5-18H2,1-4H3. The van der Waals surface area contributed by atoms with E-state index in [1.165, 1.54) is 99.7 Å². The van der Waals surface area contributed by atoms with Crippen molar-refractivity contribution < 1.29 is 0 Å². The summed E-state index contributed by atoms with van der Waals surface area (Å²) >= 11 is 3.98. The molecule has 0 N–H and O–H groups in total. The third-order valence-electron chi connectivity index (χ3n) is 4.99. The second kappa shape index (κ2) is 14.4. The van der Waals surface area contributed by atoms with Gasteiger partial charge < -0.3 is 0 Å². The Morgan fingerprint density at radius 3 is 1.42 bits per heavy atom. The Balaban J connectivity index is 1.87. The number of hydrogen-bond acceptors (Lipinski definition) is 2. The Labute approximate surface area is 160 Å². The highest BCUT2D eigenvalue weighted by molar-refractivity contribution is 8.28. The molecule has 24 heavy (non-hydrogen) atoms. The molecule has 0 unspecified atom stereocenters. The van der Waals surface area contributed by atoms with Crippen LogP contribution in [-0.2, 0) is 0 Å². The van der Waals surface area contributed by atoms with E-state index in [0.29, 0.717) is 0 Å². The van der Waals surface area contributed by atoms with Crippen molar-refractivity contribution in [2.75, 3.05) is 0 Å². The van der Waals surface area contributed by atoms with E-state index >= 15 is 0 Å². The molecule has 0 bridgehead atoms. The summed E-state index contributed by atoms with van der Waals surface area (Å²) in [6.45, 7) is 9.13. The minimum atomic E-state index is 1.30. The van der Waals surface area contributed by atoms with E-state index < -0.39 is 0 Å². The molecule has 2 heteroatoms. The van der Waals surface area contributed by atoms with Gasteiger partial charge in [0.05, 0.1) is 0 Å². The Morgan fingerprint density at radius 2 is 1.00 bits per heavy atom. The number of thioether (sulfide) groups is 2. The molecule has 1 aliphatic rings. The molecule has 0 saturated heterocycles. The topological polar surface area (TPSA) is 0 Å². The van der Waals surface area contributed by atoms with Crippen LogP contribution in [0.2, 0.25) is 0 Å². The summed E-state index contributed by atoms with van der Waals surface area (Å²) in [5.74, 6) is 0. The van der Waals surface area contributed by atoms with Gasteiger partial charge in [-0.25, -0.2) is 0 Å². The first-order chi connectivity index (χ1) is 11.6. The van der Waals surface area contributed by atoms with E-state index in [1.807, 2.05) is 23.5 Å². The summed E-state index contributed by atoms with van der Waals surface area (Å²) in [4.78, 5) is 3.00. The van der Waals surface area contributed by atoms with E-state index in [1.54, 1.807) is 9.81 Å². The van der Waals surface area contributed by atoms with Crippen molar-refractivity contribution in [3.8, 4) is 0 Å². The van der Waals surface area contributed by atoms with Crippen molar-refractivity contribution in [2.45, 2.75) is 118 Å². The normalized spacial score (nSPS) is 14.8. The Hall–Kier alpha value is 0.180. The van der Waals surface area contributed by atoms with Gasteiger partial charge in [0.25, 0.3) is 0 Å². The Morgan fingerprint density at radius 1 is 0.625 bits per heavy atom. The van der Waals surface area contributed by atoms with Gasteiger partial charge >= 0.3 is 0 Å². The predicted molar refractivity (Wildman–Crippen MR) is 117 cm³/mol. The second-order valence-electron chi connectivity index (χ2n) is 7.38. The van der Waals surface area contributed by atoms with E-state index in [-0.39, 0.29) is 0 Å². The van der Waals surface area contributed by atoms with E-state index in [0.717, 1.165) is 0 Å². The van der Waals surface area contributed by atoms with Gasteiger partial charge in [-0.15, -0.1) is 0 Å². The maximum atomic E-state index is 2.34. The van der Waals surface area contributed by atoms with Crippen LogP contribution >= 0.6 is 23.5 Å². The van der Waals surface area contributed by atoms with Crippen molar-refractivity contribution in [3.05, 3.63) is 19.6 Å². The summed E-state index contributed by atoms with van der Waals surface area (Å²) in [6, 6.07) is 0. The quantitative estimate of drug-likeness (QED) is 0.280. The molecule has 0 fully saturated rings. The molecule has 0 aliphatic carbocycles. The lowest BCUT2D eigenvalue weighted by Gasteiger charge is -2.06. The van der Waals surface area contributed by atoms with Gasteiger partial charge in [-0.1, -0.05) is 113 Å². The molecule has 0 radical (unpaired) electrons. The van der Waals surface area contributed by atoms with Gasteiger partial charge in [-0.3, -0.25) is 0 Å². The van der Waals surface area contributed by atoms with E-state index in [4.69, 9.17) is 0 Å². The monoisotopic (exact) mass is 368 g/mol. The van der Waals surface area contributed by atoms with Gasteiger partial charge in [0, 0.05) is 4.24 Å². The average molecular weight is 369 g/mol. The van der Waals surface area contributed by atoms with E-state index in [9.17, 15) is 0 Å². The molecular weight excluding hydrogens is 328 g/mol. The summed E-state index contributed by atoms with van der Waals surface area (Å²) in [6.07, 6.45) is 20.1. The summed E-state index contributed by atoms with van der Waals surface area (Å²) in [7, 11) is 0. The highest BCUT2D eigenvalue weighted by Gasteiger charge is 2.16. The van der Waals surface area contributed by atoms with Gasteiger partial charge in [-0.2, -0.15) is 0 Å². The molecule has 0 nitrogen and oxygen atoms in total. The van der Waals surface area contributed by atoms with Crippen LogP contribution in [0.3, 0.4) is 0 Å². The first-order valence-corrected chi connectivity index (χ1v) is 12.0. The van der Waals surface area contributed by atoms with Gasteiger partial charge in [-0.05, 0) is 43.4 Å². The third kappa shape index (κ3) is 10.2. The predicted octanol–water partition coefficient (Wildman–Crippen LogP) is 9.43. The lowest BCUT2D eigenvalue weighted by Crippen LogP contribution is -1.84. The van der Waals surface area contributed by atoms with Gasteiger partial charge in [0.1, 0.15) is 0 Å². The molecule has 1 rings (SSSR count). The molecule has 1 aliphatic heterocycles. The number of hydrogen-bond donors (Lipinski definition) is 0. The van der Waals surface area contributed by atoms with Crippen LogP contribution in [0, 0.1) is 0 Å². The van der Waals surface area contributed by atoms with Gasteiger partial charge in [0.15, 0.2) is 0 Å². The van der Waals surface area contributed by atoms with Crippen LogP contribution in [0.15, 0.2) is 19.6 Å². The Kier molecular flexibility index (Phi) is 13.3. The molecular formula is C22H40S2. The largest absolute Gasteiger partial charge is 0.0867 e. The molecule has 0 aromatic heterocycles. The van der Waals surface area contributed by atoms with Crippen molar-refractivity contribution in [3.63, 3.8) is 0 Å². The summed E-state index contributed by atoms with van der Waals surface area (Å²) in [5, 5.41) is 0. The maximum Gasteiger partial charge on any atom is 0.0481 e. The molecule has 0 spiro atoms. The zero-order valence-electron chi connectivity index (χ0n) is 16.7. The zero-order valence-corrected chi connectivity index (χ0v) is 18.3. The van der Waals surface area contributed by atoms with Crippen LogP contribution < -0.4 is 0 Å². The fourth-order valence-corrected chi connectivity index (χ4v) is 5.69. The molecule has 0 amide bonds. The lowest BCUT2D eigenvalue weighted by atomic mass is 10.0. The smallest absolute Gasteiger partial charge is 0.0481 e. The van der Waals surface area contributed by atoms with E-state index in [2.05, 4.69) is 27.7 Å². The molecule has 0 atom stereocenters. The molecule has 0 saturated carbocycles. The zero-order chi connectivity index (χ0) is 17.6. The third-order valence-corrected chi connectivity index (χ3v) is 7.91. The van der Waals surface area contributed by atoms with Crippen LogP contribution in [-0.4, -0.2) is 0 Å². The highest BCUT2D eigenvalue weighted by atomic mass is 32.2. The molecule has 140 valence electrons. The lowest BCUT2D eigenvalue weighted by molar-refractivity contribution is 0.539. The maximum absolute atomic E-state index is 2.34. The van der Waals surface area contributed by atoms with Crippen LogP contribution in [0.25, 0.3) is 0 Å². The minimum absolute atomic E-state index is 1.30. The fraction of sp³-hybridized carbons (Fsp3) is 0.818. The van der Waals surface area contributed by atoms with Crippen molar-refractivity contribution >= 4 is 23.5 Å². The summed E-state index contributed by atoms with van der Waals surface area (Å²) in [5.41, 5.74) is 1.62. The van der Waals surface area contributed by atoms with Crippen molar-refractivity contribution in [1.82, 2.24) is 0 Å². The molecule has 0 aromatic carbocycles. The summed E-state index contributed by atoms with van der Waals surface area (Å²) < 4.78 is 1.56. The highest BCUT2D eigenvalue weighted by Crippen LogP contribution is 2.50. The second-order valence-corrected chi connectivity index (χ2v) is 10.1. The van der Waals surface area contributed by atoms with Crippen molar-refractivity contribution in [2.24, 2.45) is 0 Å². The number of allylic oxidation sites excluding steroid dienone is 3. The Bertz CT molecular complexity index is 377. The van der Waals surface area contributed by atoms with Crippen molar-refractivity contribution in [1.29, 1.82) is 0 Å². The van der Waals surface area contributed by atoms with Gasteiger partial charge in [0.2, 0.25) is 0 Å². The molecule has 1 heterocycles.